The van der Waals surface area contributed by atoms with Crippen LogP contribution in [-0.4, -0.2) is 57.1 Å². The first-order chi connectivity index (χ1) is 14.4. The molecule has 172 valence electrons. The molecule has 0 unspecified atom stereocenters. The predicted molar refractivity (Wildman–Crippen MR) is 109 cm³/mol. The Kier molecular flexibility index (Phi) is 6.79. The summed E-state index contributed by atoms with van der Waals surface area (Å²) in [5.41, 5.74) is -1.42. The Balaban J connectivity index is 1.68. The third kappa shape index (κ3) is 6.10. The molecule has 3 rings (SSSR count). The Labute approximate surface area is 178 Å². The molecule has 12 heteroatoms. The summed E-state index contributed by atoms with van der Waals surface area (Å²) in [6.45, 7) is 1.56. The number of piperidine rings is 1. The zero-order chi connectivity index (χ0) is 22.8. The summed E-state index contributed by atoms with van der Waals surface area (Å²) in [5, 5.41) is 5.58. The number of benzene rings is 1. The van der Waals surface area contributed by atoms with E-state index in [1.54, 1.807) is 4.90 Å². The van der Waals surface area contributed by atoms with E-state index in [4.69, 9.17) is 0 Å². The number of hydrogen-bond donors (Lipinski definition) is 3. The molecule has 1 aromatic carbocycles. The number of rotatable bonds is 5. The summed E-state index contributed by atoms with van der Waals surface area (Å²) in [6.07, 6.45) is -1.32. The maximum atomic E-state index is 13.1. The average Bonchev–Trinajstić information content (AvgIpc) is 3.21. The van der Waals surface area contributed by atoms with Crippen LogP contribution in [0.3, 0.4) is 0 Å². The molecule has 2 aliphatic heterocycles. The van der Waals surface area contributed by atoms with Crippen molar-refractivity contribution in [2.45, 2.75) is 37.9 Å². The molecule has 2 fully saturated rings. The van der Waals surface area contributed by atoms with Gasteiger partial charge in [-0.15, -0.1) is 0 Å². The van der Waals surface area contributed by atoms with Gasteiger partial charge in [-0.1, -0.05) is 0 Å². The highest BCUT2D eigenvalue weighted by Crippen LogP contribution is 2.35. The third-order valence-electron chi connectivity index (χ3n) is 5.44. The minimum Gasteiger partial charge on any atom is -0.341 e. The van der Waals surface area contributed by atoms with Crippen molar-refractivity contribution in [2.24, 2.45) is 5.92 Å². The van der Waals surface area contributed by atoms with E-state index in [9.17, 15) is 31.2 Å². The van der Waals surface area contributed by atoms with E-state index >= 15 is 0 Å². The monoisotopic (exact) mass is 462 g/mol. The van der Waals surface area contributed by atoms with Gasteiger partial charge in [-0.25, -0.2) is 8.42 Å². The molecule has 0 spiro atoms. The fourth-order valence-corrected chi connectivity index (χ4v) is 4.40. The summed E-state index contributed by atoms with van der Waals surface area (Å²) in [4.78, 5) is 26.9. The second-order valence-electron chi connectivity index (χ2n) is 7.87. The van der Waals surface area contributed by atoms with Crippen molar-refractivity contribution in [3.8, 4) is 0 Å². The summed E-state index contributed by atoms with van der Waals surface area (Å²) < 4.78 is 64.5. The van der Waals surface area contributed by atoms with Crippen molar-refractivity contribution in [3.63, 3.8) is 0 Å². The Morgan fingerprint density at radius 3 is 2.35 bits per heavy atom. The predicted octanol–water partition coefficient (Wildman–Crippen LogP) is 2.01. The largest absolute Gasteiger partial charge is 0.416 e. The lowest BCUT2D eigenvalue weighted by molar-refractivity contribution is -0.137. The Morgan fingerprint density at radius 1 is 1.13 bits per heavy atom. The summed E-state index contributed by atoms with van der Waals surface area (Å²) in [5.74, 6) is -1.00. The van der Waals surface area contributed by atoms with Crippen molar-refractivity contribution in [3.05, 3.63) is 23.8 Å². The molecule has 0 aliphatic carbocycles. The van der Waals surface area contributed by atoms with Gasteiger partial charge >= 0.3 is 6.18 Å². The summed E-state index contributed by atoms with van der Waals surface area (Å²) in [7, 11) is -3.77. The maximum Gasteiger partial charge on any atom is 0.416 e. The first-order valence-electron chi connectivity index (χ1n) is 9.96. The number of amides is 2. The third-order valence-corrected chi connectivity index (χ3v) is 6.03. The van der Waals surface area contributed by atoms with Crippen LogP contribution in [0, 0.1) is 5.92 Å². The smallest absolute Gasteiger partial charge is 0.341 e. The molecule has 2 saturated heterocycles. The molecule has 1 aromatic rings. The van der Waals surface area contributed by atoms with Gasteiger partial charge in [0.2, 0.25) is 21.8 Å². The van der Waals surface area contributed by atoms with E-state index in [2.05, 4.69) is 15.4 Å². The van der Waals surface area contributed by atoms with E-state index in [1.807, 2.05) is 0 Å². The summed E-state index contributed by atoms with van der Waals surface area (Å²) in [6, 6.07) is 2.22. The number of carbonyl (C=O) groups is 2. The van der Waals surface area contributed by atoms with E-state index < -0.39 is 33.6 Å². The zero-order valence-corrected chi connectivity index (χ0v) is 17.8. The van der Waals surface area contributed by atoms with Crippen LogP contribution < -0.4 is 15.4 Å². The van der Waals surface area contributed by atoms with Crippen molar-refractivity contribution in [1.29, 1.82) is 0 Å². The maximum absolute atomic E-state index is 13.1. The summed E-state index contributed by atoms with van der Waals surface area (Å²) >= 11 is 0. The SMILES string of the molecule is CS(=O)(=O)Nc1ccc(C(F)(F)F)cc1NC(=O)C1CCN(C(=O)[C@@H]2CCCN2)CC1. The average molecular weight is 462 g/mol. The van der Waals surface area contributed by atoms with Gasteiger partial charge in [0.15, 0.2) is 0 Å². The van der Waals surface area contributed by atoms with Crippen LogP contribution in [0.2, 0.25) is 0 Å². The molecule has 2 aliphatic rings. The van der Waals surface area contributed by atoms with Crippen LogP contribution in [0.1, 0.15) is 31.2 Å². The number of nitrogens with zero attached hydrogens (tertiary/aromatic N) is 1. The van der Waals surface area contributed by atoms with Crippen molar-refractivity contribution in [2.75, 3.05) is 35.9 Å². The van der Waals surface area contributed by atoms with Crippen LogP contribution >= 0.6 is 0 Å². The zero-order valence-electron chi connectivity index (χ0n) is 17.0. The van der Waals surface area contributed by atoms with Gasteiger partial charge in [-0.3, -0.25) is 14.3 Å². The van der Waals surface area contributed by atoms with Crippen molar-refractivity contribution < 1.29 is 31.2 Å². The molecule has 2 amide bonds. The van der Waals surface area contributed by atoms with Crippen molar-refractivity contribution in [1.82, 2.24) is 10.2 Å². The van der Waals surface area contributed by atoms with Gasteiger partial charge in [0.05, 0.1) is 29.2 Å². The van der Waals surface area contributed by atoms with Gasteiger partial charge < -0.3 is 15.5 Å². The number of alkyl halides is 3. The molecule has 8 nitrogen and oxygen atoms in total. The quantitative estimate of drug-likeness (QED) is 0.621. The van der Waals surface area contributed by atoms with Crippen LogP contribution in [0.5, 0.6) is 0 Å². The lowest BCUT2D eigenvalue weighted by Gasteiger charge is -2.33. The highest BCUT2D eigenvalue weighted by molar-refractivity contribution is 7.92. The number of sulfonamides is 1. The number of anilines is 2. The van der Waals surface area contributed by atoms with Crippen LogP contribution in [0.25, 0.3) is 0 Å². The van der Waals surface area contributed by atoms with Crippen LogP contribution in [0.15, 0.2) is 18.2 Å². The van der Waals surface area contributed by atoms with E-state index in [0.717, 1.165) is 37.8 Å². The van der Waals surface area contributed by atoms with Crippen molar-refractivity contribution >= 4 is 33.2 Å². The van der Waals surface area contributed by atoms with Crippen LogP contribution in [-0.2, 0) is 25.8 Å². The van der Waals surface area contributed by atoms with Gasteiger partial charge in [0, 0.05) is 19.0 Å². The van der Waals surface area contributed by atoms with Gasteiger partial charge in [-0.05, 0) is 50.4 Å². The molecule has 0 saturated carbocycles. The molecule has 1 atom stereocenters. The van der Waals surface area contributed by atoms with Gasteiger partial charge in [0.1, 0.15) is 0 Å². The molecular formula is C19H25F3N4O4S. The molecule has 3 N–H and O–H groups in total. The number of likely N-dealkylation sites (tertiary alicyclic amines) is 1. The molecule has 2 heterocycles. The first kappa shape index (κ1) is 23.3. The second kappa shape index (κ2) is 9.03. The second-order valence-corrected chi connectivity index (χ2v) is 9.62. The number of hydrogen-bond acceptors (Lipinski definition) is 5. The van der Waals surface area contributed by atoms with E-state index in [0.29, 0.717) is 32.0 Å². The van der Waals surface area contributed by atoms with E-state index in [-0.39, 0.29) is 23.3 Å². The number of nitrogens with one attached hydrogen (secondary N) is 3. The number of halogens is 3. The molecule has 0 radical (unpaired) electrons. The normalized spacial score (nSPS) is 20.5. The molecular weight excluding hydrogens is 437 g/mol. The Morgan fingerprint density at radius 2 is 1.81 bits per heavy atom. The molecule has 0 bridgehead atoms. The Hall–Kier alpha value is -2.34. The Bertz CT molecular complexity index is 938. The molecule has 0 aromatic heterocycles. The standard InChI is InChI=1S/C19H25F3N4O4S/c1-31(29,30)25-14-5-4-13(19(20,21)22)11-16(14)24-17(27)12-6-9-26(10-7-12)18(28)15-3-2-8-23-15/h4-5,11-12,15,23,25H,2-3,6-10H2,1H3,(H,24,27)/t15-/m0/s1. The lowest BCUT2D eigenvalue weighted by atomic mass is 9.95. The first-order valence-corrected chi connectivity index (χ1v) is 11.9. The van der Waals surface area contributed by atoms with E-state index in [1.165, 1.54) is 0 Å². The highest BCUT2D eigenvalue weighted by Gasteiger charge is 2.34. The highest BCUT2D eigenvalue weighted by atomic mass is 32.2. The fraction of sp³-hybridized carbons (Fsp3) is 0.579. The lowest BCUT2D eigenvalue weighted by Crippen LogP contribution is -2.48. The molecule has 31 heavy (non-hydrogen) atoms. The number of carbonyl (C=O) groups excluding carboxylic acids is 2. The van der Waals surface area contributed by atoms with Gasteiger partial charge in [0.25, 0.3) is 0 Å². The minimum atomic E-state index is -4.65. The minimum absolute atomic E-state index is 0.00822. The van der Waals surface area contributed by atoms with Crippen LogP contribution in [0.4, 0.5) is 24.5 Å². The van der Waals surface area contributed by atoms with Gasteiger partial charge in [-0.2, -0.15) is 13.2 Å². The topological polar surface area (TPSA) is 108 Å². The fourth-order valence-electron chi connectivity index (χ4n) is 3.83.